The Morgan fingerprint density at radius 3 is 2.67 bits per heavy atom. The van der Waals surface area contributed by atoms with Crippen molar-refractivity contribution in [2.45, 2.75) is 19.3 Å². The van der Waals surface area contributed by atoms with Crippen LogP contribution in [-0.2, 0) is 25.6 Å². The Bertz CT molecular complexity index is 807. The quantitative estimate of drug-likeness (QED) is 0.738. The number of dihydropyridines is 1. The molecule has 2 aliphatic heterocycles. The number of anilines is 1. The number of nitrogens with one attached hydrogen (secondary N) is 1. The molecule has 1 fully saturated rings. The van der Waals surface area contributed by atoms with Crippen LogP contribution in [0, 0.1) is 11.8 Å². The summed E-state index contributed by atoms with van der Waals surface area (Å²) < 4.78 is 0. The van der Waals surface area contributed by atoms with E-state index in [-0.39, 0.29) is 30.1 Å². The molecule has 1 aromatic rings. The number of carbonyl (C=O) groups is 4. The maximum Gasteiger partial charge on any atom is 0.269 e. The molecular formula is C17H19N5O4S. The highest BCUT2D eigenvalue weighted by atomic mass is 32.1. The van der Waals surface area contributed by atoms with E-state index in [1.54, 1.807) is 10.3 Å². The average Bonchev–Trinajstić information content (AvgIpc) is 3.09. The van der Waals surface area contributed by atoms with E-state index in [2.05, 4.69) is 15.3 Å². The lowest BCUT2D eigenvalue weighted by Crippen LogP contribution is -2.42. The summed E-state index contributed by atoms with van der Waals surface area (Å²) >= 11 is 1.22. The van der Waals surface area contributed by atoms with Crippen LogP contribution in [0.1, 0.15) is 18.5 Å². The molecule has 3 heterocycles. The van der Waals surface area contributed by atoms with Crippen molar-refractivity contribution in [2.24, 2.45) is 22.6 Å². The first-order valence-corrected chi connectivity index (χ1v) is 9.39. The van der Waals surface area contributed by atoms with Crippen LogP contribution in [0.25, 0.3) is 0 Å². The molecule has 27 heavy (non-hydrogen) atoms. The molecule has 142 valence electrons. The maximum atomic E-state index is 12.4. The summed E-state index contributed by atoms with van der Waals surface area (Å²) in [5.74, 6) is -1.91. The fourth-order valence-electron chi connectivity index (χ4n) is 2.90. The van der Waals surface area contributed by atoms with Crippen LogP contribution in [0.15, 0.2) is 22.5 Å². The minimum atomic E-state index is -0.622. The average molecular weight is 389 g/mol. The van der Waals surface area contributed by atoms with E-state index in [4.69, 9.17) is 5.73 Å². The van der Waals surface area contributed by atoms with Gasteiger partial charge in [0.2, 0.25) is 17.7 Å². The summed E-state index contributed by atoms with van der Waals surface area (Å²) in [7, 11) is 0. The lowest BCUT2D eigenvalue weighted by molar-refractivity contribution is -0.134. The van der Waals surface area contributed by atoms with Gasteiger partial charge in [-0.25, -0.2) is 9.98 Å². The van der Waals surface area contributed by atoms with Crippen molar-refractivity contribution in [1.82, 2.24) is 9.88 Å². The van der Waals surface area contributed by atoms with Crippen molar-refractivity contribution in [3.63, 3.8) is 0 Å². The van der Waals surface area contributed by atoms with Crippen LogP contribution in [0.2, 0.25) is 0 Å². The fourth-order valence-corrected chi connectivity index (χ4v) is 3.62. The first-order valence-electron chi connectivity index (χ1n) is 8.51. The van der Waals surface area contributed by atoms with Gasteiger partial charge in [-0.3, -0.25) is 19.2 Å². The molecule has 9 nitrogen and oxygen atoms in total. The second kappa shape index (κ2) is 8.21. The minimum absolute atomic E-state index is 0.0676. The van der Waals surface area contributed by atoms with Crippen LogP contribution in [0.4, 0.5) is 5.13 Å². The van der Waals surface area contributed by atoms with Crippen LogP contribution >= 0.6 is 11.3 Å². The number of amides is 4. The zero-order chi connectivity index (χ0) is 19.4. The molecule has 0 spiro atoms. The SMILES string of the molecule is NC(=O)C1CCN(C(=O)Cc2csc(NC(=O)C3C=CC(=O)N=C3)n2)CC1. The summed E-state index contributed by atoms with van der Waals surface area (Å²) in [5, 5.41) is 4.76. The molecule has 2 aliphatic rings. The van der Waals surface area contributed by atoms with Crippen LogP contribution in [-0.4, -0.2) is 52.8 Å². The van der Waals surface area contributed by atoms with Gasteiger partial charge in [-0.15, -0.1) is 11.3 Å². The third kappa shape index (κ3) is 4.85. The lowest BCUT2D eigenvalue weighted by Gasteiger charge is -2.30. The lowest BCUT2D eigenvalue weighted by atomic mass is 9.96. The molecular weight excluding hydrogens is 370 g/mol. The minimum Gasteiger partial charge on any atom is -0.369 e. The highest BCUT2D eigenvalue weighted by molar-refractivity contribution is 7.13. The molecule has 4 amide bonds. The summed E-state index contributed by atoms with van der Waals surface area (Å²) in [6, 6.07) is 0. The largest absolute Gasteiger partial charge is 0.369 e. The summed E-state index contributed by atoms with van der Waals surface area (Å²) in [6.45, 7) is 1.01. The van der Waals surface area contributed by atoms with Gasteiger partial charge in [0, 0.05) is 36.7 Å². The molecule has 0 radical (unpaired) electrons. The molecule has 10 heteroatoms. The Labute approximate surface area is 159 Å². The van der Waals surface area contributed by atoms with Crippen molar-refractivity contribution in [3.05, 3.63) is 23.2 Å². The van der Waals surface area contributed by atoms with Gasteiger partial charge >= 0.3 is 0 Å². The van der Waals surface area contributed by atoms with Gasteiger partial charge in [0.15, 0.2) is 5.13 Å². The van der Waals surface area contributed by atoms with Gasteiger partial charge in [-0.05, 0) is 12.8 Å². The number of carbonyl (C=O) groups excluding carboxylic acids is 4. The number of rotatable bonds is 5. The molecule has 3 rings (SSSR count). The molecule has 1 unspecified atom stereocenters. The smallest absolute Gasteiger partial charge is 0.269 e. The first kappa shape index (κ1) is 18.9. The second-order valence-electron chi connectivity index (χ2n) is 6.37. The van der Waals surface area contributed by atoms with Gasteiger partial charge in [-0.2, -0.15) is 0 Å². The number of primary amides is 1. The van der Waals surface area contributed by atoms with E-state index < -0.39 is 11.8 Å². The maximum absolute atomic E-state index is 12.4. The number of hydrogen-bond acceptors (Lipinski definition) is 6. The van der Waals surface area contributed by atoms with Crippen molar-refractivity contribution >= 4 is 46.3 Å². The summed E-state index contributed by atoms with van der Waals surface area (Å²) in [4.78, 5) is 56.2. The zero-order valence-electron chi connectivity index (χ0n) is 14.5. The topological polar surface area (TPSA) is 135 Å². The number of likely N-dealkylation sites (tertiary alicyclic amines) is 1. The number of aromatic nitrogens is 1. The monoisotopic (exact) mass is 389 g/mol. The van der Waals surface area contributed by atoms with Crippen molar-refractivity contribution in [2.75, 3.05) is 18.4 Å². The van der Waals surface area contributed by atoms with Crippen LogP contribution in [0.3, 0.4) is 0 Å². The third-order valence-electron chi connectivity index (χ3n) is 4.48. The third-order valence-corrected chi connectivity index (χ3v) is 5.28. The Morgan fingerprint density at radius 2 is 2.04 bits per heavy atom. The Hall–Kier alpha value is -2.88. The van der Waals surface area contributed by atoms with Crippen molar-refractivity contribution in [1.29, 1.82) is 0 Å². The van der Waals surface area contributed by atoms with Gasteiger partial charge < -0.3 is 16.0 Å². The molecule has 0 aromatic carbocycles. The highest BCUT2D eigenvalue weighted by Crippen LogP contribution is 2.20. The molecule has 0 bridgehead atoms. The second-order valence-corrected chi connectivity index (χ2v) is 7.23. The summed E-state index contributed by atoms with van der Waals surface area (Å²) in [5.41, 5.74) is 5.87. The van der Waals surface area contributed by atoms with E-state index in [1.807, 2.05) is 0 Å². The number of thiazole rings is 1. The molecule has 3 N–H and O–H groups in total. The highest BCUT2D eigenvalue weighted by Gasteiger charge is 2.26. The number of hydrogen-bond donors (Lipinski definition) is 2. The number of aliphatic imine (C=N–C) groups is 1. The molecule has 1 saturated heterocycles. The van der Waals surface area contributed by atoms with E-state index in [9.17, 15) is 19.2 Å². The Kier molecular flexibility index (Phi) is 5.75. The predicted molar refractivity (Wildman–Crippen MR) is 99.1 cm³/mol. The molecule has 0 saturated carbocycles. The number of nitrogens with two attached hydrogens (primary N) is 1. The molecule has 1 atom stereocenters. The molecule has 1 aromatic heterocycles. The van der Waals surface area contributed by atoms with E-state index in [1.165, 1.54) is 29.7 Å². The standard InChI is InChI=1S/C17H19N5O4S/c18-15(25)10-3-5-22(6-4-10)14(24)7-12-9-27-17(20-12)21-16(26)11-1-2-13(23)19-8-11/h1-2,8-11H,3-7H2,(H2,18,25)(H,20,21,26). The van der Waals surface area contributed by atoms with Gasteiger partial charge in [0.1, 0.15) is 0 Å². The van der Waals surface area contributed by atoms with Gasteiger partial charge in [0.05, 0.1) is 18.0 Å². The predicted octanol–water partition coefficient (Wildman–Crippen LogP) is 0.131. The number of piperidine rings is 1. The van der Waals surface area contributed by atoms with E-state index in [0.717, 1.165) is 0 Å². The zero-order valence-corrected chi connectivity index (χ0v) is 15.3. The van der Waals surface area contributed by atoms with Gasteiger partial charge in [0.25, 0.3) is 5.91 Å². The normalized spacial score (nSPS) is 19.9. The Morgan fingerprint density at radius 1 is 1.30 bits per heavy atom. The van der Waals surface area contributed by atoms with Crippen LogP contribution in [0.5, 0.6) is 0 Å². The van der Waals surface area contributed by atoms with Crippen LogP contribution < -0.4 is 11.1 Å². The van der Waals surface area contributed by atoms with E-state index in [0.29, 0.717) is 36.8 Å². The fraction of sp³-hybridized carbons (Fsp3) is 0.412. The summed E-state index contributed by atoms with van der Waals surface area (Å²) in [6.07, 6.45) is 5.30. The van der Waals surface area contributed by atoms with Crippen molar-refractivity contribution < 1.29 is 19.2 Å². The Balaban J connectivity index is 1.51. The van der Waals surface area contributed by atoms with E-state index >= 15 is 0 Å². The molecule has 0 aliphatic carbocycles. The van der Waals surface area contributed by atoms with Crippen molar-refractivity contribution in [3.8, 4) is 0 Å². The van der Waals surface area contributed by atoms with Gasteiger partial charge in [-0.1, -0.05) is 6.08 Å². The first-order chi connectivity index (χ1) is 12.9. The number of nitrogens with zero attached hydrogens (tertiary/aromatic N) is 3.